The first kappa shape index (κ1) is 77.1. The van der Waals surface area contributed by atoms with Gasteiger partial charge in [-0.05, 0) is 83.5 Å². The third-order valence-corrected chi connectivity index (χ3v) is 15.8. The smallest absolute Gasteiger partial charge is 0.306 e. The van der Waals surface area contributed by atoms with Crippen molar-refractivity contribution < 1.29 is 28.6 Å². The second-order valence-electron chi connectivity index (χ2n) is 23.8. The Balaban J connectivity index is 4.32. The van der Waals surface area contributed by atoms with E-state index in [-0.39, 0.29) is 31.1 Å². The Morgan fingerprint density at radius 2 is 0.487 bits per heavy atom. The number of ether oxygens (including phenoxy) is 3. The van der Waals surface area contributed by atoms with Gasteiger partial charge in [0, 0.05) is 19.3 Å². The second-order valence-corrected chi connectivity index (χ2v) is 23.8. The van der Waals surface area contributed by atoms with Crippen molar-refractivity contribution in [2.75, 3.05) is 13.2 Å². The standard InChI is InChI=1S/C74H134O6/c1-4-7-10-13-16-19-22-25-28-31-33-35-36-37-39-40-43-46-49-52-55-58-61-64-67-73(76)79-70-71(69-78-72(75)66-63-60-57-54-51-48-45-42-30-27-24-21-18-15-12-9-6-3)80-74(77)68-65-62-59-56-53-50-47-44-41-38-34-32-29-26-23-20-17-14-11-8-5-2/h9,12,18,21,23,26-27,30,32,34,71H,4-8,10-11,13-17,19-20,22,24-25,28-29,31,33,35-70H2,1-3H3/b12-9-,21-18-,26-23-,30-27-,34-32-. The lowest BCUT2D eigenvalue weighted by molar-refractivity contribution is -0.167. The average molecular weight is 1120 g/mol. The van der Waals surface area contributed by atoms with Crippen molar-refractivity contribution in [1.29, 1.82) is 0 Å². The molecular formula is C74H134O6. The van der Waals surface area contributed by atoms with Gasteiger partial charge in [0.1, 0.15) is 13.2 Å². The molecule has 466 valence electrons. The van der Waals surface area contributed by atoms with Crippen LogP contribution >= 0.6 is 0 Å². The highest BCUT2D eigenvalue weighted by atomic mass is 16.6. The molecule has 6 heteroatoms. The molecule has 1 unspecified atom stereocenters. The number of rotatable bonds is 65. The molecular weight excluding hydrogens is 985 g/mol. The van der Waals surface area contributed by atoms with Gasteiger partial charge in [0.2, 0.25) is 0 Å². The zero-order valence-corrected chi connectivity index (χ0v) is 53.6. The van der Waals surface area contributed by atoms with Crippen molar-refractivity contribution in [2.45, 2.75) is 380 Å². The summed E-state index contributed by atoms with van der Waals surface area (Å²) < 4.78 is 17.0. The Morgan fingerprint density at radius 1 is 0.263 bits per heavy atom. The fourth-order valence-corrected chi connectivity index (χ4v) is 10.5. The first-order chi connectivity index (χ1) is 39.5. The molecule has 0 saturated carbocycles. The highest BCUT2D eigenvalue weighted by Crippen LogP contribution is 2.18. The van der Waals surface area contributed by atoms with E-state index >= 15 is 0 Å². The van der Waals surface area contributed by atoms with E-state index in [9.17, 15) is 14.4 Å². The molecule has 0 heterocycles. The van der Waals surface area contributed by atoms with Crippen molar-refractivity contribution in [3.63, 3.8) is 0 Å². The summed E-state index contributed by atoms with van der Waals surface area (Å²) in [5.41, 5.74) is 0. The maximum absolute atomic E-state index is 13.0. The van der Waals surface area contributed by atoms with Crippen LogP contribution in [0.3, 0.4) is 0 Å². The van der Waals surface area contributed by atoms with Gasteiger partial charge in [-0.1, -0.05) is 332 Å². The van der Waals surface area contributed by atoms with E-state index < -0.39 is 6.10 Å². The molecule has 0 rings (SSSR count). The predicted octanol–water partition coefficient (Wildman–Crippen LogP) is 24.3. The minimum Gasteiger partial charge on any atom is -0.462 e. The quantitative estimate of drug-likeness (QED) is 0.0261. The molecule has 0 amide bonds. The Labute approximate surface area is 498 Å². The average Bonchev–Trinajstić information content (AvgIpc) is 3.46. The Bertz CT molecular complexity index is 1430. The van der Waals surface area contributed by atoms with Crippen LogP contribution in [0.4, 0.5) is 0 Å². The van der Waals surface area contributed by atoms with Gasteiger partial charge in [-0.15, -0.1) is 0 Å². The van der Waals surface area contributed by atoms with Gasteiger partial charge in [0.05, 0.1) is 0 Å². The maximum atomic E-state index is 13.0. The van der Waals surface area contributed by atoms with Gasteiger partial charge in [-0.3, -0.25) is 14.4 Å². The van der Waals surface area contributed by atoms with Crippen LogP contribution in [-0.2, 0) is 28.6 Å². The summed E-state index contributed by atoms with van der Waals surface area (Å²) in [7, 11) is 0. The topological polar surface area (TPSA) is 78.9 Å². The molecule has 0 aliphatic carbocycles. The molecule has 0 aromatic carbocycles. The number of hydrogen-bond donors (Lipinski definition) is 0. The first-order valence-electron chi connectivity index (χ1n) is 35.3. The van der Waals surface area contributed by atoms with Gasteiger partial charge >= 0.3 is 17.9 Å². The van der Waals surface area contributed by atoms with Crippen LogP contribution in [-0.4, -0.2) is 37.2 Å². The van der Waals surface area contributed by atoms with Gasteiger partial charge in [0.25, 0.3) is 0 Å². The molecule has 6 nitrogen and oxygen atoms in total. The number of carbonyl (C=O) groups excluding carboxylic acids is 3. The molecule has 0 aliphatic rings. The van der Waals surface area contributed by atoms with Crippen LogP contribution in [0.1, 0.15) is 374 Å². The van der Waals surface area contributed by atoms with Crippen LogP contribution in [0.2, 0.25) is 0 Å². The van der Waals surface area contributed by atoms with Crippen molar-refractivity contribution in [3.8, 4) is 0 Å². The second kappa shape index (κ2) is 68.6. The summed E-state index contributed by atoms with van der Waals surface area (Å²) in [6, 6.07) is 0. The SMILES string of the molecule is CC/C=C\C/C=C\C/C=C\CCCCCCCCCC(=O)OCC(COC(=O)CCCCCCCCCCCCCCCCCCCCCCCCCC)OC(=O)CCCCCCCCCCC/C=C\C/C=C\CCCCCCC. The maximum Gasteiger partial charge on any atom is 0.306 e. The largest absolute Gasteiger partial charge is 0.462 e. The van der Waals surface area contributed by atoms with E-state index in [1.807, 2.05) is 0 Å². The van der Waals surface area contributed by atoms with E-state index in [2.05, 4.69) is 81.5 Å². The number of allylic oxidation sites excluding steroid dienone is 10. The highest BCUT2D eigenvalue weighted by Gasteiger charge is 2.19. The summed E-state index contributed by atoms with van der Waals surface area (Å²) in [5.74, 6) is -0.866. The molecule has 0 spiro atoms. The lowest BCUT2D eigenvalue weighted by atomic mass is 10.0. The number of unbranched alkanes of at least 4 members (excludes halogenated alkanes) is 44. The molecule has 0 fully saturated rings. The molecule has 1 atom stereocenters. The molecule has 0 aromatic rings. The summed E-state index contributed by atoms with van der Waals surface area (Å²) >= 11 is 0. The molecule has 0 N–H and O–H groups in total. The summed E-state index contributed by atoms with van der Waals surface area (Å²) in [6.07, 6.45) is 88.2. The lowest BCUT2D eigenvalue weighted by Crippen LogP contribution is -2.30. The van der Waals surface area contributed by atoms with Crippen molar-refractivity contribution >= 4 is 17.9 Å². The number of carbonyl (C=O) groups is 3. The minimum atomic E-state index is -0.781. The Hall–Kier alpha value is -2.89. The predicted molar refractivity (Wildman–Crippen MR) is 348 cm³/mol. The number of esters is 3. The van der Waals surface area contributed by atoms with Gasteiger partial charge in [-0.25, -0.2) is 0 Å². The van der Waals surface area contributed by atoms with E-state index in [1.165, 1.54) is 244 Å². The molecule has 0 aromatic heterocycles. The van der Waals surface area contributed by atoms with Crippen LogP contribution in [0.15, 0.2) is 60.8 Å². The molecule has 0 saturated heterocycles. The summed E-state index contributed by atoms with van der Waals surface area (Å²) in [5, 5.41) is 0. The minimum absolute atomic E-state index is 0.0754. The zero-order valence-electron chi connectivity index (χ0n) is 53.6. The Kier molecular flexibility index (Phi) is 66.1. The zero-order chi connectivity index (χ0) is 57.8. The molecule has 0 bridgehead atoms. The monoisotopic (exact) mass is 1120 g/mol. The summed E-state index contributed by atoms with van der Waals surface area (Å²) in [4.78, 5) is 38.5. The Morgan fingerprint density at radius 3 is 0.762 bits per heavy atom. The summed E-state index contributed by atoms with van der Waals surface area (Å²) in [6.45, 7) is 6.58. The van der Waals surface area contributed by atoms with Crippen molar-refractivity contribution in [1.82, 2.24) is 0 Å². The van der Waals surface area contributed by atoms with E-state index in [1.54, 1.807) is 0 Å². The first-order valence-corrected chi connectivity index (χ1v) is 35.3. The molecule has 0 radical (unpaired) electrons. The molecule has 0 aliphatic heterocycles. The fraction of sp³-hybridized carbons (Fsp3) is 0.824. The van der Waals surface area contributed by atoms with Gasteiger partial charge in [0.15, 0.2) is 6.10 Å². The normalized spacial score (nSPS) is 12.4. The third kappa shape index (κ3) is 65.9. The third-order valence-electron chi connectivity index (χ3n) is 15.8. The van der Waals surface area contributed by atoms with Crippen molar-refractivity contribution in [3.05, 3.63) is 60.8 Å². The lowest BCUT2D eigenvalue weighted by Gasteiger charge is -2.18. The van der Waals surface area contributed by atoms with Crippen LogP contribution in [0, 0.1) is 0 Å². The number of hydrogen-bond acceptors (Lipinski definition) is 6. The van der Waals surface area contributed by atoms with Crippen molar-refractivity contribution in [2.24, 2.45) is 0 Å². The van der Waals surface area contributed by atoms with Gasteiger partial charge in [-0.2, -0.15) is 0 Å². The van der Waals surface area contributed by atoms with Crippen LogP contribution < -0.4 is 0 Å². The van der Waals surface area contributed by atoms with Gasteiger partial charge < -0.3 is 14.2 Å². The van der Waals surface area contributed by atoms with E-state index in [4.69, 9.17) is 14.2 Å². The molecule has 80 heavy (non-hydrogen) atoms. The van der Waals surface area contributed by atoms with Crippen LogP contribution in [0.25, 0.3) is 0 Å². The fourth-order valence-electron chi connectivity index (χ4n) is 10.5. The highest BCUT2D eigenvalue weighted by molar-refractivity contribution is 5.71. The van der Waals surface area contributed by atoms with Crippen LogP contribution in [0.5, 0.6) is 0 Å². The van der Waals surface area contributed by atoms with E-state index in [0.29, 0.717) is 19.3 Å². The van der Waals surface area contributed by atoms with E-state index in [0.717, 1.165) is 89.9 Å².